The molecule has 0 saturated carbocycles. The monoisotopic (exact) mass is 236 g/mol. The first kappa shape index (κ1) is 13.7. The van der Waals surface area contributed by atoms with E-state index in [0.717, 1.165) is 0 Å². The number of carbonyl (C=O) groups is 3. The van der Waals surface area contributed by atoms with E-state index in [9.17, 15) is 14.4 Å². The smallest absolute Gasteiger partial charge is 0.325 e. The molecule has 0 fully saturated rings. The lowest BCUT2D eigenvalue weighted by atomic mass is 10.4. The van der Waals surface area contributed by atoms with Gasteiger partial charge in [-0.25, -0.2) is 4.79 Å². The average molecular weight is 237 g/mol. The van der Waals surface area contributed by atoms with Gasteiger partial charge in [0.05, 0.1) is 6.61 Å². The predicted molar refractivity (Wildman–Crippen MR) is 53.5 cm³/mol. The third kappa shape index (κ3) is 7.75. The van der Waals surface area contributed by atoms with Gasteiger partial charge in [0.2, 0.25) is 5.91 Å². The molecule has 0 aromatic carbocycles. The average Bonchev–Trinajstić information content (AvgIpc) is 2.15. The van der Waals surface area contributed by atoms with Gasteiger partial charge in [0.25, 0.3) is 0 Å². The maximum absolute atomic E-state index is 10.9. The van der Waals surface area contributed by atoms with Gasteiger partial charge in [-0.3, -0.25) is 14.9 Å². The van der Waals surface area contributed by atoms with Gasteiger partial charge in [0.15, 0.2) is 0 Å². The number of hydrogen-bond acceptors (Lipinski definition) is 4. The Morgan fingerprint density at radius 1 is 1.33 bits per heavy atom. The normalized spacial score (nSPS) is 9.20. The Balaban J connectivity index is 3.66. The van der Waals surface area contributed by atoms with Crippen LogP contribution in [0.25, 0.3) is 0 Å². The molecule has 7 heteroatoms. The zero-order valence-electron chi connectivity index (χ0n) is 8.34. The summed E-state index contributed by atoms with van der Waals surface area (Å²) >= 11 is 5.28. The Hall–Kier alpha value is -1.30. The molecule has 0 bridgehead atoms. The summed E-state index contributed by atoms with van der Waals surface area (Å²) in [6.07, 6.45) is 0.0500. The van der Waals surface area contributed by atoms with E-state index in [2.05, 4.69) is 10.1 Å². The molecule has 0 heterocycles. The summed E-state index contributed by atoms with van der Waals surface area (Å²) in [6.45, 7) is 1.63. The summed E-state index contributed by atoms with van der Waals surface area (Å²) in [5, 5.41) is 4.17. The van der Waals surface area contributed by atoms with E-state index >= 15 is 0 Å². The van der Waals surface area contributed by atoms with Gasteiger partial charge in [-0.2, -0.15) is 0 Å². The van der Waals surface area contributed by atoms with Crippen molar-refractivity contribution in [2.75, 3.05) is 19.0 Å². The molecule has 86 valence electrons. The third-order valence-electron chi connectivity index (χ3n) is 1.27. The molecular weight excluding hydrogens is 224 g/mol. The molecule has 0 aliphatic heterocycles. The fraction of sp³-hybridized carbons (Fsp3) is 0.625. The Labute approximate surface area is 92.3 Å². The van der Waals surface area contributed by atoms with Crippen LogP contribution in [0.5, 0.6) is 0 Å². The Morgan fingerprint density at radius 3 is 2.53 bits per heavy atom. The molecule has 15 heavy (non-hydrogen) atoms. The summed E-state index contributed by atoms with van der Waals surface area (Å²) < 4.78 is 4.56. The van der Waals surface area contributed by atoms with E-state index in [1.165, 1.54) is 0 Å². The lowest BCUT2D eigenvalue weighted by Crippen LogP contribution is -2.42. The topological polar surface area (TPSA) is 84.5 Å². The van der Waals surface area contributed by atoms with Crippen molar-refractivity contribution in [2.45, 2.75) is 13.3 Å². The molecule has 3 amide bonds. The zero-order chi connectivity index (χ0) is 11.7. The number of halogens is 1. The van der Waals surface area contributed by atoms with Crippen LogP contribution in [-0.4, -0.2) is 36.9 Å². The number of amides is 3. The van der Waals surface area contributed by atoms with Crippen molar-refractivity contribution in [1.29, 1.82) is 0 Å². The first-order valence-electron chi connectivity index (χ1n) is 4.39. The number of hydrogen-bond donors (Lipinski definition) is 2. The highest BCUT2D eigenvalue weighted by Crippen LogP contribution is 1.83. The van der Waals surface area contributed by atoms with Gasteiger partial charge in [0, 0.05) is 12.3 Å². The molecule has 0 unspecified atom stereocenters. The Morgan fingerprint density at radius 2 is 2.00 bits per heavy atom. The van der Waals surface area contributed by atoms with Crippen molar-refractivity contribution in [3.8, 4) is 0 Å². The fourth-order valence-corrected chi connectivity index (χ4v) is 0.855. The standard InChI is InChI=1S/C8H13ClN2O4/c1-2-15-7(13)5-10-8(14)11-6(12)3-4-9/h2-5H2,1H3,(H2,10,11,12,14). The first-order chi connectivity index (χ1) is 7.10. The Kier molecular flexibility index (Phi) is 7.35. The minimum Gasteiger partial charge on any atom is -0.465 e. The number of urea groups is 1. The molecule has 0 atom stereocenters. The van der Waals surface area contributed by atoms with Crippen LogP contribution in [0.1, 0.15) is 13.3 Å². The minimum atomic E-state index is -0.738. The number of rotatable bonds is 5. The van der Waals surface area contributed by atoms with E-state index in [1.807, 2.05) is 5.32 Å². The van der Waals surface area contributed by atoms with E-state index in [0.29, 0.717) is 0 Å². The van der Waals surface area contributed by atoms with Crippen LogP contribution in [0, 0.1) is 0 Å². The molecule has 6 nitrogen and oxygen atoms in total. The van der Waals surface area contributed by atoms with E-state index < -0.39 is 17.9 Å². The van der Waals surface area contributed by atoms with Crippen molar-refractivity contribution >= 4 is 29.5 Å². The summed E-state index contributed by atoms with van der Waals surface area (Å²) in [6, 6.07) is -0.738. The Bertz CT molecular complexity index is 245. The van der Waals surface area contributed by atoms with Crippen LogP contribution in [0.4, 0.5) is 4.79 Å². The number of esters is 1. The summed E-state index contributed by atoms with van der Waals surface area (Å²) in [7, 11) is 0. The second-order valence-corrected chi connectivity index (χ2v) is 2.85. The molecule has 0 spiro atoms. The van der Waals surface area contributed by atoms with E-state index in [-0.39, 0.29) is 25.5 Å². The predicted octanol–water partition coefficient (Wildman–Crippen LogP) is 0.00420. The fourth-order valence-electron chi connectivity index (χ4n) is 0.684. The largest absolute Gasteiger partial charge is 0.465 e. The number of nitrogens with one attached hydrogen (secondary N) is 2. The van der Waals surface area contributed by atoms with Crippen molar-refractivity contribution < 1.29 is 19.1 Å². The minimum absolute atomic E-state index is 0.0500. The van der Waals surface area contributed by atoms with Crippen LogP contribution >= 0.6 is 11.6 Å². The van der Waals surface area contributed by atoms with E-state index in [1.54, 1.807) is 6.92 Å². The van der Waals surface area contributed by atoms with Gasteiger partial charge in [0.1, 0.15) is 6.54 Å². The second kappa shape index (κ2) is 8.05. The molecule has 0 aromatic rings. The number of carbonyl (C=O) groups excluding carboxylic acids is 3. The van der Waals surface area contributed by atoms with Gasteiger partial charge in [-0.05, 0) is 6.92 Å². The summed E-state index contributed by atoms with van der Waals surface area (Å²) in [5.41, 5.74) is 0. The van der Waals surface area contributed by atoms with Gasteiger partial charge < -0.3 is 10.1 Å². The SMILES string of the molecule is CCOC(=O)CNC(=O)NC(=O)CCCl. The zero-order valence-corrected chi connectivity index (χ0v) is 9.10. The van der Waals surface area contributed by atoms with Crippen molar-refractivity contribution in [3.05, 3.63) is 0 Å². The molecule has 0 radical (unpaired) electrons. The molecule has 0 saturated heterocycles. The first-order valence-corrected chi connectivity index (χ1v) is 4.92. The molecule has 0 aliphatic rings. The molecule has 2 N–H and O–H groups in total. The maximum Gasteiger partial charge on any atom is 0.325 e. The highest BCUT2D eigenvalue weighted by Gasteiger charge is 2.08. The van der Waals surface area contributed by atoms with Crippen molar-refractivity contribution in [1.82, 2.24) is 10.6 Å². The second-order valence-electron chi connectivity index (χ2n) is 2.47. The van der Waals surface area contributed by atoms with E-state index in [4.69, 9.17) is 11.6 Å². The third-order valence-corrected chi connectivity index (χ3v) is 1.46. The van der Waals surface area contributed by atoms with Crippen LogP contribution in [0.2, 0.25) is 0 Å². The van der Waals surface area contributed by atoms with Crippen LogP contribution in [0.3, 0.4) is 0 Å². The number of ether oxygens (including phenoxy) is 1. The van der Waals surface area contributed by atoms with Crippen molar-refractivity contribution in [2.24, 2.45) is 0 Å². The molecule has 0 aromatic heterocycles. The highest BCUT2D eigenvalue weighted by atomic mass is 35.5. The lowest BCUT2D eigenvalue weighted by Gasteiger charge is -2.05. The lowest BCUT2D eigenvalue weighted by molar-refractivity contribution is -0.141. The number of imide groups is 1. The molecular formula is C8H13ClN2O4. The summed E-state index contributed by atoms with van der Waals surface area (Å²) in [5.74, 6) is -0.916. The van der Waals surface area contributed by atoms with Gasteiger partial charge in [-0.15, -0.1) is 11.6 Å². The van der Waals surface area contributed by atoms with Gasteiger partial charge in [-0.1, -0.05) is 0 Å². The van der Waals surface area contributed by atoms with Crippen molar-refractivity contribution in [3.63, 3.8) is 0 Å². The number of alkyl halides is 1. The maximum atomic E-state index is 10.9. The molecule has 0 rings (SSSR count). The molecule has 0 aliphatic carbocycles. The van der Waals surface area contributed by atoms with Crippen LogP contribution < -0.4 is 10.6 Å². The van der Waals surface area contributed by atoms with Gasteiger partial charge >= 0.3 is 12.0 Å². The summed E-state index contributed by atoms with van der Waals surface area (Å²) in [4.78, 5) is 32.6. The van der Waals surface area contributed by atoms with Crippen LogP contribution in [-0.2, 0) is 14.3 Å². The highest BCUT2D eigenvalue weighted by molar-refractivity contribution is 6.19. The quantitative estimate of drug-likeness (QED) is 0.520. The van der Waals surface area contributed by atoms with Crippen LogP contribution in [0.15, 0.2) is 0 Å².